The van der Waals surface area contributed by atoms with Crippen molar-refractivity contribution in [2.45, 2.75) is 49.8 Å². The fraction of sp³-hybridized carbons (Fsp3) is 0.500. The summed E-state index contributed by atoms with van der Waals surface area (Å²) in [6.45, 7) is 1.67. The molecule has 2 aliphatic rings. The largest absolute Gasteiger partial charge is 0.326 e. The number of anilines is 1. The fourth-order valence-electron chi connectivity index (χ4n) is 4.85. The van der Waals surface area contributed by atoms with E-state index in [0.717, 1.165) is 24.8 Å². The van der Waals surface area contributed by atoms with Gasteiger partial charge in [-0.05, 0) is 68.4 Å². The van der Waals surface area contributed by atoms with Gasteiger partial charge in [-0.25, -0.2) is 21.1 Å². The zero-order chi connectivity index (χ0) is 25.6. The quantitative estimate of drug-likeness (QED) is 0.532. The van der Waals surface area contributed by atoms with Crippen molar-refractivity contribution in [1.82, 2.24) is 8.61 Å². The van der Waals surface area contributed by atoms with E-state index in [1.165, 1.54) is 20.7 Å². The predicted octanol–water partition coefficient (Wildman–Crippen LogP) is 3.47. The Morgan fingerprint density at radius 3 is 2.19 bits per heavy atom. The molecular weight excluding hydrogens is 498 g/mol. The Labute approximate surface area is 214 Å². The van der Waals surface area contributed by atoms with Gasteiger partial charge in [0, 0.05) is 31.9 Å². The number of carbonyl (C=O) groups excluding carboxylic acids is 1. The van der Waals surface area contributed by atoms with Gasteiger partial charge in [-0.2, -0.15) is 4.31 Å². The van der Waals surface area contributed by atoms with Crippen LogP contribution in [0.3, 0.4) is 0 Å². The first-order valence-corrected chi connectivity index (χ1v) is 15.7. The normalized spacial score (nSPS) is 20.2. The molecular formula is C26H35N3O5S2. The molecule has 1 amide bonds. The first-order valence-electron chi connectivity index (χ1n) is 12.7. The van der Waals surface area contributed by atoms with Crippen molar-refractivity contribution in [1.29, 1.82) is 0 Å². The van der Waals surface area contributed by atoms with E-state index < -0.39 is 26.0 Å². The molecule has 2 aliphatic heterocycles. The van der Waals surface area contributed by atoms with Crippen LogP contribution in [-0.2, 0) is 31.3 Å². The predicted molar refractivity (Wildman–Crippen MR) is 141 cm³/mol. The van der Waals surface area contributed by atoms with Gasteiger partial charge in [0.15, 0.2) is 0 Å². The summed E-state index contributed by atoms with van der Waals surface area (Å²) in [5.74, 6) is -0.631. The first-order chi connectivity index (χ1) is 17.3. The highest BCUT2D eigenvalue weighted by Gasteiger charge is 2.32. The van der Waals surface area contributed by atoms with E-state index in [0.29, 0.717) is 51.0 Å². The van der Waals surface area contributed by atoms with Crippen molar-refractivity contribution in [3.63, 3.8) is 0 Å². The number of nitrogens with zero attached hydrogens (tertiary/aromatic N) is 2. The van der Waals surface area contributed by atoms with Gasteiger partial charge in [0.1, 0.15) is 0 Å². The molecule has 4 rings (SSSR count). The minimum absolute atomic E-state index is 0.0587. The van der Waals surface area contributed by atoms with E-state index in [4.69, 9.17) is 0 Å². The van der Waals surface area contributed by atoms with E-state index in [1.54, 1.807) is 12.1 Å². The molecule has 196 valence electrons. The topological polar surface area (TPSA) is 104 Å². The van der Waals surface area contributed by atoms with Crippen LogP contribution < -0.4 is 5.32 Å². The van der Waals surface area contributed by atoms with Gasteiger partial charge in [0.25, 0.3) is 0 Å². The molecule has 0 unspecified atom stereocenters. The van der Waals surface area contributed by atoms with Crippen LogP contribution in [0.4, 0.5) is 5.69 Å². The molecule has 36 heavy (non-hydrogen) atoms. The molecule has 0 bridgehead atoms. The van der Waals surface area contributed by atoms with Crippen LogP contribution >= 0.6 is 0 Å². The van der Waals surface area contributed by atoms with Gasteiger partial charge in [-0.3, -0.25) is 4.79 Å². The van der Waals surface area contributed by atoms with Crippen molar-refractivity contribution < 1.29 is 21.6 Å². The SMILES string of the molecule is O=C(Nc1ccc(S(=O)(=O)N2CCCCC2)cc1)[C@H]1CCCN(S(=O)(=O)CCCc2ccccc2)C1. The number of piperidine rings is 2. The maximum atomic E-state index is 12.9. The molecule has 0 radical (unpaired) electrons. The Balaban J connectivity index is 1.31. The third-order valence-corrected chi connectivity index (χ3v) is 10.8. The molecule has 0 spiro atoms. The van der Waals surface area contributed by atoms with E-state index in [1.807, 2.05) is 30.3 Å². The number of benzene rings is 2. The van der Waals surface area contributed by atoms with Crippen LogP contribution in [0.5, 0.6) is 0 Å². The molecule has 10 heteroatoms. The second-order valence-electron chi connectivity index (χ2n) is 9.58. The summed E-state index contributed by atoms with van der Waals surface area (Å²) < 4.78 is 54.4. The van der Waals surface area contributed by atoms with Gasteiger partial charge in [0.05, 0.1) is 16.6 Å². The molecule has 1 atom stereocenters. The lowest BCUT2D eigenvalue weighted by atomic mass is 9.99. The van der Waals surface area contributed by atoms with Crippen LogP contribution in [-0.4, -0.2) is 63.3 Å². The Bertz CT molecular complexity index is 1230. The second-order valence-corrected chi connectivity index (χ2v) is 13.6. The zero-order valence-electron chi connectivity index (χ0n) is 20.5. The summed E-state index contributed by atoms with van der Waals surface area (Å²) in [6, 6.07) is 16.0. The average Bonchev–Trinajstić information content (AvgIpc) is 2.90. The number of sulfonamides is 2. The molecule has 0 aromatic heterocycles. The third kappa shape index (κ3) is 6.73. The molecule has 2 fully saturated rings. The van der Waals surface area contributed by atoms with Gasteiger partial charge >= 0.3 is 0 Å². The highest BCUT2D eigenvalue weighted by molar-refractivity contribution is 7.89. The standard InChI is InChI=1S/C26H35N3O5S2/c30-26(27-24-13-15-25(16-14-24)36(33,34)28-17-5-2-6-18-28)23-12-7-19-29(21-23)35(31,32)20-8-11-22-9-3-1-4-10-22/h1,3-4,9-10,13-16,23H,2,5-8,11-12,17-21H2,(H,27,30)/t23-/m0/s1. The maximum Gasteiger partial charge on any atom is 0.243 e. The molecule has 0 aliphatic carbocycles. The Hall–Kier alpha value is -2.27. The number of rotatable bonds is 9. The summed E-state index contributed by atoms with van der Waals surface area (Å²) in [5, 5.41) is 2.84. The Kier molecular flexibility index (Phi) is 8.82. The summed E-state index contributed by atoms with van der Waals surface area (Å²) >= 11 is 0. The average molecular weight is 534 g/mol. The Morgan fingerprint density at radius 2 is 1.50 bits per heavy atom. The molecule has 1 N–H and O–H groups in total. The fourth-order valence-corrected chi connectivity index (χ4v) is 7.95. The highest BCUT2D eigenvalue weighted by atomic mass is 32.2. The summed E-state index contributed by atoms with van der Waals surface area (Å²) in [6.07, 6.45) is 5.26. The zero-order valence-corrected chi connectivity index (χ0v) is 22.1. The lowest BCUT2D eigenvalue weighted by Crippen LogP contribution is -2.44. The van der Waals surface area contributed by atoms with E-state index in [9.17, 15) is 21.6 Å². The van der Waals surface area contributed by atoms with Gasteiger partial charge < -0.3 is 5.32 Å². The number of hydrogen-bond acceptors (Lipinski definition) is 5. The number of aryl methyl sites for hydroxylation is 1. The number of nitrogens with one attached hydrogen (secondary N) is 1. The van der Waals surface area contributed by atoms with Crippen molar-refractivity contribution >= 4 is 31.6 Å². The molecule has 2 heterocycles. The van der Waals surface area contributed by atoms with E-state index in [-0.39, 0.29) is 23.1 Å². The van der Waals surface area contributed by atoms with Crippen molar-refractivity contribution in [3.05, 3.63) is 60.2 Å². The minimum Gasteiger partial charge on any atom is -0.326 e. The first kappa shape index (κ1) is 26.8. The van der Waals surface area contributed by atoms with E-state index >= 15 is 0 Å². The molecule has 0 saturated carbocycles. The van der Waals surface area contributed by atoms with Gasteiger partial charge in [-0.1, -0.05) is 36.8 Å². The number of carbonyl (C=O) groups is 1. The van der Waals surface area contributed by atoms with Crippen molar-refractivity contribution in [2.75, 3.05) is 37.2 Å². The van der Waals surface area contributed by atoms with Crippen LogP contribution in [0.25, 0.3) is 0 Å². The smallest absolute Gasteiger partial charge is 0.243 e. The van der Waals surface area contributed by atoms with Gasteiger partial charge in [-0.15, -0.1) is 0 Å². The molecule has 2 saturated heterocycles. The van der Waals surface area contributed by atoms with E-state index in [2.05, 4.69) is 5.32 Å². The van der Waals surface area contributed by atoms with Crippen LogP contribution in [0.2, 0.25) is 0 Å². The molecule has 2 aromatic carbocycles. The van der Waals surface area contributed by atoms with Crippen LogP contribution in [0.1, 0.15) is 44.1 Å². The number of amides is 1. The van der Waals surface area contributed by atoms with Gasteiger partial charge in [0.2, 0.25) is 26.0 Å². The lowest BCUT2D eigenvalue weighted by molar-refractivity contribution is -0.120. The second kappa shape index (κ2) is 11.9. The highest BCUT2D eigenvalue weighted by Crippen LogP contribution is 2.24. The monoisotopic (exact) mass is 533 g/mol. The van der Waals surface area contributed by atoms with Crippen LogP contribution in [0.15, 0.2) is 59.5 Å². The summed E-state index contributed by atoms with van der Waals surface area (Å²) in [4.78, 5) is 13.1. The maximum absolute atomic E-state index is 12.9. The minimum atomic E-state index is -3.53. The summed E-state index contributed by atoms with van der Waals surface area (Å²) in [5.41, 5.74) is 1.61. The Morgan fingerprint density at radius 1 is 0.833 bits per heavy atom. The number of hydrogen-bond donors (Lipinski definition) is 1. The van der Waals surface area contributed by atoms with Crippen LogP contribution in [0, 0.1) is 5.92 Å². The summed E-state index contributed by atoms with van der Waals surface area (Å²) in [7, 11) is -6.97. The molecule has 2 aromatic rings. The third-order valence-electron chi connectivity index (χ3n) is 6.93. The van der Waals surface area contributed by atoms with Crippen molar-refractivity contribution in [2.24, 2.45) is 5.92 Å². The van der Waals surface area contributed by atoms with Crippen molar-refractivity contribution in [3.8, 4) is 0 Å². The molecule has 8 nitrogen and oxygen atoms in total. The lowest BCUT2D eigenvalue weighted by Gasteiger charge is -2.31.